The Morgan fingerprint density at radius 3 is 2.24 bits per heavy atom. The van der Waals surface area contributed by atoms with Gasteiger partial charge in [-0.25, -0.2) is 0 Å². The van der Waals surface area contributed by atoms with E-state index < -0.39 is 0 Å². The van der Waals surface area contributed by atoms with Gasteiger partial charge in [0.15, 0.2) is 0 Å². The minimum Gasteiger partial charge on any atom is -0.382 e. The van der Waals surface area contributed by atoms with Gasteiger partial charge in [0, 0.05) is 17.3 Å². The van der Waals surface area contributed by atoms with Crippen LogP contribution in [0, 0.1) is 6.92 Å². The second kappa shape index (κ2) is 5.60. The minimum atomic E-state index is -0.385. The zero-order chi connectivity index (χ0) is 14.8. The van der Waals surface area contributed by atoms with Crippen molar-refractivity contribution in [3.8, 4) is 0 Å². The van der Waals surface area contributed by atoms with Crippen LogP contribution in [0.15, 0.2) is 48.5 Å². The normalized spacial score (nSPS) is 20.6. The van der Waals surface area contributed by atoms with Crippen molar-refractivity contribution in [1.82, 2.24) is 0 Å². The molecule has 3 heteroatoms. The number of benzene rings is 2. The van der Waals surface area contributed by atoms with Crippen molar-refractivity contribution in [1.29, 1.82) is 0 Å². The summed E-state index contributed by atoms with van der Waals surface area (Å²) in [4.78, 5) is 11.0. The lowest BCUT2D eigenvalue weighted by Crippen LogP contribution is -2.34. The van der Waals surface area contributed by atoms with Crippen LogP contribution in [0.3, 0.4) is 0 Å². The highest BCUT2D eigenvalue weighted by atomic mass is 16.1. The molecule has 2 aromatic carbocycles. The molecule has 0 aliphatic heterocycles. The molecule has 0 unspecified atom stereocenters. The molecule has 0 spiro atoms. The number of amides is 1. The monoisotopic (exact) mass is 280 g/mol. The number of primary amides is 1. The maximum Gasteiger partial charge on any atom is 0.248 e. The zero-order valence-corrected chi connectivity index (χ0v) is 12.2. The molecular weight excluding hydrogens is 260 g/mol. The van der Waals surface area contributed by atoms with Gasteiger partial charge in [-0.05, 0) is 55.5 Å². The van der Waals surface area contributed by atoms with Crippen LogP contribution in [-0.4, -0.2) is 11.9 Å². The lowest BCUT2D eigenvalue weighted by atomic mass is 9.75. The van der Waals surface area contributed by atoms with Crippen molar-refractivity contribution >= 4 is 11.6 Å². The fraction of sp³-hybridized carbons (Fsp3) is 0.278. The van der Waals surface area contributed by atoms with Crippen LogP contribution in [0.25, 0.3) is 0 Å². The van der Waals surface area contributed by atoms with Gasteiger partial charge in [0.05, 0.1) is 0 Å². The Morgan fingerprint density at radius 2 is 1.67 bits per heavy atom. The van der Waals surface area contributed by atoms with Crippen LogP contribution < -0.4 is 11.1 Å². The molecule has 0 heterocycles. The lowest BCUT2D eigenvalue weighted by molar-refractivity contribution is 0.100. The average Bonchev–Trinajstić information content (AvgIpc) is 2.44. The van der Waals surface area contributed by atoms with E-state index in [0.29, 0.717) is 17.5 Å². The van der Waals surface area contributed by atoms with Crippen molar-refractivity contribution in [3.63, 3.8) is 0 Å². The predicted octanol–water partition coefficient (Wildman–Crippen LogP) is 3.45. The molecular formula is C18H20N2O. The largest absolute Gasteiger partial charge is 0.382 e. The molecule has 2 aromatic rings. The summed E-state index contributed by atoms with van der Waals surface area (Å²) in [7, 11) is 0. The van der Waals surface area contributed by atoms with E-state index in [1.54, 1.807) is 12.1 Å². The van der Waals surface area contributed by atoms with E-state index in [1.165, 1.54) is 11.1 Å². The van der Waals surface area contributed by atoms with Gasteiger partial charge in [-0.2, -0.15) is 0 Å². The SMILES string of the molecule is Cc1ccc(C2CC(Nc3ccc(C(N)=O)cc3)C2)cc1. The van der Waals surface area contributed by atoms with Gasteiger partial charge in [0.2, 0.25) is 5.91 Å². The van der Waals surface area contributed by atoms with Crippen LogP contribution in [-0.2, 0) is 0 Å². The summed E-state index contributed by atoms with van der Waals surface area (Å²) in [6, 6.07) is 16.7. The first-order valence-electron chi connectivity index (χ1n) is 7.35. The summed E-state index contributed by atoms with van der Waals surface area (Å²) in [5.41, 5.74) is 9.57. The van der Waals surface area contributed by atoms with Crippen molar-refractivity contribution in [2.45, 2.75) is 31.7 Å². The molecule has 0 atom stereocenters. The molecule has 0 radical (unpaired) electrons. The Labute approximate surface area is 125 Å². The van der Waals surface area contributed by atoms with Gasteiger partial charge < -0.3 is 11.1 Å². The first-order chi connectivity index (χ1) is 10.1. The highest BCUT2D eigenvalue weighted by Gasteiger charge is 2.29. The van der Waals surface area contributed by atoms with Gasteiger partial charge in [0.1, 0.15) is 0 Å². The van der Waals surface area contributed by atoms with E-state index in [-0.39, 0.29) is 5.91 Å². The first kappa shape index (κ1) is 13.7. The Morgan fingerprint density at radius 1 is 1.05 bits per heavy atom. The molecule has 0 aromatic heterocycles. The highest BCUT2D eigenvalue weighted by Crippen LogP contribution is 2.38. The van der Waals surface area contributed by atoms with Crippen LogP contribution in [0.2, 0.25) is 0 Å². The Kier molecular flexibility index (Phi) is 3.65. The summed E-state index contributed by atoms with van der Waals surface area (Å²) in [6.07, 6.45) is 2.31. The summed E-state index contributed by atoms with van der Waals surface area (Å²) in [5, 5.41) is 3.50. The molecule has 108 valence electrons. The second-order valence-electron chi connectivity index (χ2n) is 5.86. The molecule has 21 heavy (non-hydrogen) atoms. The van der Waals surface area contributed by atoms with E-state index in [4.69, 9.17) is 5.73 Å². The molecule has 3 nitrogen and oxygen atoms in total. The van der Waals surface area contributed by atoms with Crippen LogP contribution in [0.5, 0.6) is 0 Å². The number of hydrogen-bond donors (Lipinski definition) is 2. The number of nitrogens with two attached hydrogens (primary N) is 1. The van der Waals surface area contributed by atoms with E-state index >= 15 is 0 Å². The first-order valence-corrected chi connectivity index (χ1v) is 7.35. The molecule has 1 aliphatic rings. The predicted molar refractivity (Wildman–Crippen MR) is 85.5 cm³/mol. The van der Waals surface area contributed by atoms with Gasteiger partial charge in [0.25, 0.3) is 0 Å². The van der Waals surface area contributed by atoms with Crippen LogP contribution >= 0.6 is 0 Å². The lowest BCUT2D eigenvalue weighted by Gasteiger charge is -2.37. The van der Waals surface area contributed by atoms with E-state index in [1.807, 2.05) is 12.1 Å². The fourth-order valence-electron chi connectivity index (χ4n) is 2.81. The van der Waals surface area contributed by atoms with Crippen LogP contribution in [0.4, 0.5) is 5.69 Å². The van der Waals surface area contributed by atoms with E-state index in [0.717, 1.165) is 18.5 Å². The van der Waals surface area contributed by atoms with Crippen LogP contribution in [0.1, 0.15) is 40.2 Å². The topological polar surface area (TPSA) is 55.1 Å². The Balaban J connectivity index is 1.54. The summed E-state index contributed by atoms with van der Waals surface area (Å²) in [5.74, 6) is 0.276. The Bertz CT molecular complexity index is 625. The number of nitrogens with one attached hydrogen (secondary N) is 1. The second-order valence-corrected chi connectivity index (χ2v) is 5.86. The summed E-state index contributed by atoms with van der Waals surface area (Å²) < 4.78 is 0. The van der Waals surface area contributed by atoms with Crippen molar-refractivity contribution in [2.24, 2.45) is 5.73 Å². The summed E-state index contributed by atoms with van der Waals surface area (Å²) >= 11 is 0. The molecule has 1 fully saturated rings. The van der Waals surface area contributed by atoms with Gasteiger partial charge in [-0.15, -0.1) is 0 Å². The van der Waals surface area contributed by atoms with Gasteiger partial charge >= 0.3 is 0 Å². The molecule has 1 saturated carbocycles. The quantitative estimate of drug-likeness (QED) is 0.901. The van der Waals surface area contributed by atoms with E-state index in [2.05, 4.69) is 36.5 Å². The van der Waals surface area contributed by atoms with Gasteiger partial charge in [-0.1, -0.05) is 29.8 Å². The molecule has 0 bridgehead atoms. The smallest absolute Gasteiger partial charge is 0.248 e. The third kappa shape index (κ3) is 3.07. The number of rotatable bonds is 4. The van der Waals surface area contributed by atoms with Crippen molar-refractivity contribution in [3.05, 3.63) is 65.2 Å². The third-order valence-corrected chi connectivity index (χ3v) is 4.23. The number of hydrogen-bond acceptors (Lipinski definition) is 2. The van der Waals surface area contributed by atoms with E-state index in [9.17, 15) is 4.79 Å². The number of anilines is 1. The average molecular weight is 280 g/mol. The number of aryl methyl sites for hydroxylation is 1. The standard InChI is InChI=1S/C18H20N2O/c1-12-2-4-13(5-3-12)15-10-17(11-15)20-16-8-6-14(7-9-16)18(19)21/h2-9,15,17,20H,10-11H2,1H3,(H2,19,21). The molecule has 1 amide bonds. The molecule has 3 rings (SSSR count). The highest BCUT2D eigenvalue weighted by molar-refractivity contribution is 5.93. The molecule has 0 saturated heterocycles. The molecule has 1 aliphatic carbocycles. The molecule has 3 N–H and O–H groups in total. The zero-order valence-electron chi connectivity index (χ0n) is 12.2. The summed E-state index contributed by atoms with van der Waals surface area (Å²) in [6.45, 7) is 2.12. The number of carbonyl (C=O) groups excluding carboxylic acids is 1. The Hall–Kier alpha value is -2.29. The third-order valence-electron chi connectivity index (χ3n) is 4.23. The number of carbonyl (C=O) groups is 1. The van der Waals surface area contributed by atoms with Crippen molar-refractivity contribution < 1.29 is 4.79 Å². The minimum absolute atomic E-state index is 0.385. The fourth-order valence-corrected chi connectivity index (χ4v) is 2.81. The maximum atomic E-state index is 11.0. The van der Waals surface area contributed by atoms with Crippen molar-refractivity contribution in [2.75, 3.05) is 5.32 Å². The van der Waals surface area contributed by atoms with Gasteiger partial charge in [-0.3, -0.25) is 4.79 Å². The maximum absolute atomic E-state index is 11.0.